The predicted molar refractivity (Wildman–Crippen MR) is 256 cm³/mol. The zero-order chi connectivity index (χ0) is 38.8. The highest BCUT2D eigenvalue weighted by Gasteiger charge is 2.42. The zero-order valence-corrected chi connectivity index (χ0v) is 33.8. The van der Waals surface area contributed by atoms with Crippen LogP contribution in [0.1, 0.15) is 0 Å². The van der Waals surface area contributed by atoms with Gasteiger partial charge in [0.15, 0.2) is 0 Å². The standard InChI is InChI=1S/C54H30B2N2S2/c1-3-11-31(12-4-1)33-19-23-47-41(27-33)55-39-15-7-9-17-43(39)57-45-30-46-38(29-37(45)35-21-25-49(59-47)51(55)53(35)57)36-22-26-50-52-54(36)58(46)44-18-10-8-16-40(44)56(52)42-28-34(20-24-48(42)60-50)32-13-5-2-6-14-32/h1-30H. The van der Waals surface area contributed by atoms with Crippen LogP contribution in [-0.2, 0) is 0 Å². The van der Waals surface area contributed by atoms with Crippen LogP contribution in [0.25, 0.3) is 77.2 Å². The van der Waals surface area contributed by atoms with Crippen LogP contribution >= 0.6 is 23.5 Å². The van der Waals surface area contributed by atoms with Gasteiger partial charge >= 0.3 is 0 Å². The Morgan fingerprint density at radius 2 is 0.750 bits per heavy atom. The van der Waals surface area contributed by atoms with Gasteiger partial charge in [-0.25, -0.2) is 0 Å². The van der Waals surface area contributed by atoms with Crippen molar-refractivity contribution in [1.29, 1.82) is 0 Å². The number of rotatable bonds is 2. The summed E-state index contributed by atoms with van der Waals surface area (Å²) in [6.45, 7) is 0.314. The summed E-state index contributed by atoms with van der Waals surface area (Å²) in [7, 11) is 0. The van der Waals surface area contributed by atoms with E-state index in [0.29, 0.717) is 0 Å². The van der Waals surface area contributed by atoms with E-state index < -0.39 is 0 Å². The first-order valence-electron chi connectivity index (χ1n) is 20.8. The Bertz CT molecular complexity index is 3490. The molecular weight excluding hydrogens is 762 g/mol. The van der Waals surface area contributed by atoms with E-state index in [1.54, 1.807) is 0 Å². The second-order valence-corrected chi connectivity index (χ2v) is 18.9. The Hall–Kier alpha value is -6.59. The van der Waals surface area contributed by atoms with E-state index in [1.165, 1.54) is 130 Å². The van der Waals surface area contributed by atoms with Gasteiger partial charge in [-0.3, -0.25) is 0 Å². The highest BCUT2D eigenvalue weighted by molar-refractivity contribution is 8.00. The molecule has 6 heterocycles. The molecule has 15 rings (SSSR count). The molecule has 60 heavy (non-hydrogen) atoms. The fourth-order valence-corrected chi connectivity index (χ4v) is 13.6. The Morgan fingerprint density at radius 3 is 1.23 bits per heavy atom. The summed E-state index contributed by atoms with van der Waals surface area (Å²) in [6, 6.07) is 68.9. The van der Waals surface area contributed by atoms with Gasteiger partial charge in [0.05, 0.1) is 22.1 Å². The first-order chi connectivity index (χ1) is 29.8. The molecule has 0 bridgehead atoms. The quantitative estimate of drug-likeness (QED) is 0.162. The number of hydrogen-bond acceptors (Lipinski definition) is 2. The molecule has 9 aromatic carbocycles. The van der Waals surface area contributed by atoms with E-state index >= 15 is 0 Å². The van der Waals surface area contributed by atoms with Crippen molar-refractivity contribution in [3.63, 3.8) is 0 Å². The van der Waals surface area contributed by atoms with E-state index in [-0.39, 0.29) is 13.4 Å². The Balaban J connectivity index is 1.01. The molecule has 4 aliphatic rings. The Labute approximate surface area is 355 Å². The van der Waals surface area contributed by atoms with Crippen molar-refractivity contribution in [2.45, 2.75) is 19.6 Å². The Kier molecular flexibility index (Phi) is 6.23. The molecule has 0 spiro atoms. The lowest BCUT2D eigenvalue weighted by atomic mass is 9.35. The number of hydrogen-bond donors (Lipinski definition) is 0. The van der Waals surface area contributed by atoms with E-state index in [4.69, 9.17) is 0 Å². The van der Waals surface area contributed by atoms with Crippen LogP contribution in [0.3, 0.4) is 0 Å². The van der Waals surface area contributed by atoms with Crippen LogP contribution in [0.4, 0.5) is 0 Å². The van der Waals surface area contributed by atoms with Crippen LogP contribution in [0, 0.1) is 0 Å². The fourth-order valence-electron chi connectivity index (χ4n) is 11.4. The lowest BCUT2D eigenvalue weighted by Gasteiger charge is -2.33. The van der Waals surface area contributed by atoms with E-state index in [9.17, 15) is 0 Å². The van der Waals surface area contributed by atoms with Crippen molar-refractivity contribution in [2.24, 2.45) is 0 Å². The summed E-state index contributed by atoms with van der Waals surface area (Å²) in [5, 5.41) is 5.30. The second-order valence-electron chi connectivity index (χ2n) is 16.7. The summed E-state index contributed by atoms with van der Waals surface area (Å²) in [6.07, 6.45) is 0. The van der Waals surface area contributed by atoms with Gasteiger partial charge in [0.2, 0.25) is 13.4 Å². The molecule has 0 N–H and O–H groups in total. The van der Waals surface area contributed by atoms with Crippen LogP contribution in [-0.4, -0.2) is 22.6 Å². The third-order valence-corrected chi connectivity index (χ3v) is 16.2. The molecule has 0 atom stereocenters. The van der Waals surface area contributed by atoms with Crippen molar-refractivity contribution in [3.05, 3.63) is 182 Å². The number of aromatic nitrogens is 2. The van der Waals surface area contributed by atoms with Gasteiger partial charge in [-0.05, 0) is 92.6 Å². The number of para-hydroxylation sites is 2. The highest BCUT2D eigenvalue weighted by Crippen LogP contribution is 2.45. The molecule has 4 aliphatic heterocycles. The first-order valence-corrected chi connectivity index (χ1v) is 22.5. The lowest BCUT2D eigenvalue weighted by molar-refractivity contribution is 1.17. The minimum absolute atomic E-state index is 0.157. The second kappa shape index (κ2) is 11.6. The molecule has 0 unspecified atom stereocenters. The van der Waals surface area contributed by atoms with Gasteiger partial charge in [0.1, 0.15) is 0 Å². The molecule has 274 valence electrons. The zero-order valence-electron chi connectivity index (χ0n) is 32.2. The van der Waals surface area contributed by atoms with Crippen molar-refractivity contribution in [3.8, 4) is 33.6 Å². The molecule has 0 saturated heterocycles. The van der Waals surface area contributed by atoms with Crippen molar-refractivity contribution < 1.29 is 0 Å². The average Bonchev–Trinajstić information content (AvgIpc) is 3.82. The monoisotopic (exact) mass is 792 g/mol. The molecule has 0 aliphatic carbocycles. The molecule has 2 nitrogen and oxygen atoms in total. The van der Waals surface area contributed by atoms with Crippen molar-refractivity contribution in [1.82, 2.24) is 9.13 Å². The number of nitrogens with zero attached hydrogens (tertiary/aromatic N) is 2. The predicted octanol–water partition coefficient (Wildman–Crippen LogP) is 9.80. The molecule has 0 saturated carbocycles. The highest BCUT2D eigenvalue weighted by atomic mass is 32.2. The number of fused-ring (bicyclic) bond motifs is 16. The van der Waals surface area contributed by atoms with Crippen molar-refractivity contribution in [2.75, 3.05) is 0 Å². The summed E-state index contributed by atoms with van der Waals surface area (Å²) >= 11 is 3.86. The molecule has 0 amide bonds. The van der Waals surface area contributed by atoms with E-state index in [2.05, 4.69) is 191 Å². The van der Waals surface area contributed by atoms with Crippen LogP contribution in [0.2, 0.25) is 0 Å². The maximum absolute atomic E-state index is 2.61. The topological polar surface area (TPSA) is 9.86 Å². The van der Waals surface area contributed by atoms with Crippen LogP contribution in [0.5, 0.6) is 0 Å². The molecule has 6 heteroatoms. The maximum Gasteiger partial charge on any atom is 0.249 e. The fraction of sp³-hybridized carbons (Fsp3) is 0. The summed E-state index contributed by atoms with van der Waals surface area (Å²) in [5.74, 6) is 0. The smallest absolute Gasteiger partial charge is 0.249 e. The minimum atomic E-state index is 0.157. The molecule has 0 fully saturated rings. The SMILES string of the molecule is c1ccc(-c2ccc3c(c2)B2c4ccccc4-n4c5cc6c(cc5c5ccc(c2c54)S3)c2ccc3c4c2n6-c2ccccc2B4c2cc(-c4ccccc4)ccc2S3)cc1. The summed E-state index contributed by atoms with van der Waals surface area (Å²) in [5.41, 5.74) is 21.3. The average molecular weight is 793 g/mol. The summed E-state index contributed by atoms with van der Waals surface area (Å²) < 4.78 is 5.22. The normalized spacial score (nSPS) is 13.8. The van der Waals surface area contributed by atoms with Gasteiger partial charge in [-0.15, -0.1) is 0 Å². The first kappa shape index (κ1) is 32.3. The lowest BCUT2D eigenvalue weighted by Crippen LogP contribution is -2.58. The van der Waals surface area contributed by atoms with E-state index in [1.807, 2.05) is 23.5 Å². The maximum atomic E-state index is 2.61. The Morgan fingerprint density at radius 1 is 0.317 bits per heavy atom. The largest absolute Gasteiger partial charge is 0.310 e. The van der Waals surface area contributed by atoms with Gasteiger partial charge in [0.25, 0.3) is 0 Å². The van der Waals surface area contributed by atoms with Crippen LogP contribution < -0.4 is 32.8 Å². The van der Waals surface area contributed by atoms with Gasteiger partial charge in [0, 0.05) is 52.5 Å². The molecule has 0 radical (unpaired) electrons. The molecule has 11 aromatic rings. The van der Waals surface area contributed by atoms with Gasteiger partial charge in [-0.1, -0.05) is 168 Å². The van der Waals surface area contributed by atoms with Gasteiger partial charge < -0.3 is 9.13 Å². The molecule has 2 aromatic heterocycles. The third-order valence-electron chi connectivity index (χ3n) is 13.8. The van der Waals surface area contributed by atoms with Gasteiger partial charge in [-0.2, -0.15) is 0 Å². The minimum Gasteiger partial charge on any atom is -0.310 e. The van der Waals surface area contributed by atoms with Crippen molar-refractivity contribution >= 4 is 113 Å². The summed E-state index contributed by atoms with van der Waals surface area (Å²) in [4.78, 5) is 5.42. The third kappa shape index (κ3) is 4.06. The number of benzene rings is 9. The molecular formula is C54H30B2N2S2. The van der Waals surface area contributed by atoms with E-state index in [0.717, 1.165) is 0 Å². The van der Waals surface area contributed by atoms with Crippen LogP contribution in [0.15, 0.2) is 202 Å².